The van der Waals surface area contributed by atoms with Gasteiger partial charge in [-0.2, -0.15) is 4.99 Å². The Balaban J connectivity index is 1.85. The average molecular weight is 403 g/mol. The van der Waals surface area contributed by atoms with E-state index in [1.807, 2.05) is 25.1 Å². The van der Waals surface area contributed by atoms with Gasteiger partial charge in [0.15, 0.2) is 11.1 Å². The molecule has 1 atom stereocenters. The Kier molecular flexibility index (Phi) is 5.67. The number of aliphatic imine (C=N–C) groups is 2. The maximum absolute atomic E-state index is 12.6. The van der Waals surface area contributed by atoms with Gasteiger partial charge in [0.05, 0.1) is 10.6 Å². The number of thioether (sulfide) groups is 1. The Morgan fingerprint density at radius 2 is 2.15 bits per heavy atom. The fraction of sp³-hybridized carbons (Fsp3) is 0.222. The zero-order valence-electron chi connectivity index (χ0n) is 14.6. The van der Waals surface area contributed by atoms with Gasteiger partial charge < -0.3 is 16.8 Å². The molecule has 2 heterocycles. The minimum Gasteiger partial charge on any atom is -0.370 e. The molecule has 9 heteroatoms. The van der Waals surface area contributed by atoms with Crippen LogP contribution in [0.1, 0.15) is 29.3 Å². The van der Waals surface area contributed by atoms with E-state index in [-0.39, 0.29) is 11.9 Å². The van der Waals surface area contributed by atoms with E-state index in [4.69, 9.17) is 28.1 Å². The van der Waals surface area contributed by atoms with Gasteiger partial charge in [0, 0.05) is 17.5 Å². The minimum absolute atomic E-state index is 0.0194. The van der Waals surface area contributed by atoms with Crippen LogP contribution in [-0.2, 0) is 5.54 Å². The van der Waals surface area contributed by atoms with Crippen LogP contribution in [-0.4, -0.2) is 27.8 Å². The van der Waals surface area contributed by atoms with Crippen molar-refractivity contribution in [3.05, 3.63) is 58.7 Å². The van der Waals surface area contributed by atoms with Crippen molar-refractivity contribution < 1.29 is 4.79 Å². The molecule has 0 radical (unpaired) electrons. The molecule has 7 nitrogen and oxygen atoms in total. The number of nitrogens with zero attached hydrogens (tertiary/aromatic N) is 3. The molecule has 0 aliphatic carbocycles. The van der Waals surface area contributed by atoms with Gasteiger partial charge in [0.25, 0.3) is 5.91 Å². The summed E-state index contributed by atoms with van der Waals surface area (Å²) in [6.45, 7) is 2.01. The van der Waals surface area contributed by atoms with Crippen LogP contribution < -0.4 is 16.8 Å². The number of rotatable bonds is 3. The van der Waals surface area contributed by atoms with Gasteiger partial charge in [0.1, 0.15) is 5.82 Å². The third-order valence-corrected chi connectivity index (χ3v) is 5.18. The van der Waals surface area contributed by atoms with Gasteiger partial charge in [-0.1, -0.05) is 35.5 Å². The molecule has 1 aromatic carbocycles. The lowest BCUT2D eigenvalue weighted by atomic mass is 9.88. The minimum atomic E-state index is -0.506. The predicted molar refractivity (Wildman–Crippen MR) is 111 cm³/mol. The molecule has 1 amide bonds. The van der Waals surface area contributed by atoms with Crippen molar-refractivity contribution in [2.24, 2.45) is 21.5 Å². The van der Waals surface area contributed by atoms with Gasteiger partial charge in [-0.3, -0.25) is 4.79 Å². The van der Waals surface area contributed by atoms with E-state index in [0.29, 0.717) is 21.6 Å². The zero-order chi connectivity index (χ0) is 19.4. The first-order chi connectivity index (χ1) is 12.9. The van der Waals surface area contributed by atoms with Gasteiger partial charge in [-0.15, -0.1) is 0 Å². The molecule has 0 saturated carbocycles. The van der Waals surface area contributed by atoms with E-state index in [2.05, 4.69) is 15.3 Å². The van der Waals surface area contributed by atoms with Crippen molar-refractivity contribution in [1.29, 1.82) is 0 Å². The number of benzene rings is 1. The van der Waals surface area contributed by atoms with Gasteiger partial charge in [0.2, 0.25) is 0 Å². The topological polar surface area (TPSA) is 119 Å². The average Bonchev–Trinajstić information content (AvgIpc) is 2.63. The third kappa shape index (κ3) is 4.78. The van der Waals surface area contributed by atoms with Crippen molar-refractivity contribution in [2.75, 3.05) is 11.1 Å². The summed E-state index contributed by atoms with van der Waals surface area (Å²) in [5.41, 5.74) is 11.9. The second kappa shape index (κ2) is 7.98. The monoisotopic (exact) mass is 402 g/mol. The number of hydrogen-bond acceptors (Lipinski definition) is 5. The largest absolute Gasteiger partial charge is 0.370 e. The Morgan fingerprint density at radius 3 is 2.85 bits per heavy atom. The number of carbonyl (C=O) groups excluding carboxylic acids is 1. The quantitative estimate of drug-likeness (QED) is 0.538. The van der Waals surface area contributed by atoms with Crippen LogP contribution in [0, 0.1) is 0 Å². The number of anilines is 1. The van der Waals surface area contributed by atoms with Crippen LogP contribution in [0.5, 0.6) is 0 Å². The molecular formula is C18H19ClN6OS. The van der Waals surface area contributed by atoms with E-state index in [9.17, 15) is 4.79 Å². The normalized spacial score (nSPS) is 19.1. The number of amides is 1. The lowest BCUT2D eigenvalue weighted by Gasteiger charge is -2.30. The Hall–Kier alpha value is -2.58. The number of carbonyl (C=O) groups is 1. The maximum Gasteiger partial charge on any atom is 0.256 e. The fourth-order valence-electron chi connectivity index (χ4n) is 2.65. The summed E-state index contributed by atoms with van der Waals surface area (Å²) in [4.78, 5) is 25.4. The molecule has 140 valence electrons. The standard InChI is InChI=1S/C18H19ClN6OS/c1-18(7-8-27-17(25-18)24-16(20)21)12-4-2-3-11(9-12)15(26)23-14-6-5-13(19)10-22-14/h2-6,9-10H,7-8H2,1H3,(H,22,23,26)(H4,20,21,24,25). The second-order valence-electron chi connectivity index (χ2n) is 6.20. The predicted octanol–water partition coefficient (Wildman–Crippen LogP) is 2.97. The molecule has 27 heavy (non-hydrogen) atoms. The SMILES string of the molecule is CC1(c2cccc(C(=O)Nc3ccc(Cl)cn3)c2)CCSC(N=C(N)N)=N1. The number of hydrogen-bond donors (Lipinski definition) is 3. The molecule has 1 aromatic heterocycles. The third-order valence-electron chi connectivity index (χ3n) is 4.10. The number of nitrogens with one attached hydrogen (secondary N) is 1. The molecule has 1 aliphatic rings. The molecule has 0 fully saturated rings. The van der Waals surface area contributed by atoms with E-state index in [1.54, 1.807) is 18.2 Å². The highest BCUT2D eigenvalue weighted by Crippen LogP contribution is 2.36. The Labute approximate surface area is 166 Å². The van der Waals surface area contributed by atoms with Crippen molar-refractivity contribution in [3.63, 3.8) is 0 Å². The maximum atomic E-state index is 12.6. The van der Waals surface area contributed by atoms with Crippen LogP contribution in [0.3, 0.4) is 0 Å². The van der Waals surface area contributed by atoms with Crippen LogP contribution >= 0.6 is 23.4 Å². The second-order valence-corrected chi connectivity index (χ2v) is 7.70. The summed E-state index contributed by atoms with van der Waals surface area (Å²) in [5.74, 6) is 0.989. The van der Waals surface area contributed by atoms with Crippen molar-refractivity contribution in [3.8, 4) is 0 Å². The van der Waals surface area contributed by atoms with E-state index < -0.39 is 5.54 Å². The van der Waals surface area contributed by atoms with Crippen LogP contribution in [0.2, 0.25) is 5.02 Å². The number of aromatic nitrogens is 1. The summed E-state index contributed by atoms with van der Waals surface area (Å²) < 4.78 is 0. The van der Waals surface area contributed by atoms with Crippen LogP contribution in [0.15, 0.2) is 52.6 Å². The Bertz CT molecular complexity index is 910. The lowest BCUT2D eigenvalue weighted by Crippen LogP contribution is -2.28. The van der Waals surface area contributed by atoms with Crippen molar-refractivity contribution in [2.45, 2.75) is 18.9 Å². The number of pyridine rings is 1. The van der Waals surface area contributed by atoms with Crippen LogP contribution in [0.25, 0.3) is 0 Å². The first-order valence-corrected chi connectivity index (χ1v) is 9.58. The summed E-state index contributed by atoms with van der Waals surface area (Å²) in [6, 6.07) is 10.7. The number of halogens is 1. The van der Waals surface area contributed by atoms with Gasteiger partial charge >= 0.3 is 0 Å². The van der Waals surface area contributed by atoms with Crippen molar-refractivity contribution >= 4 is 46.2 Å². The molecule has 1 aliphatic heterocycles. The molecule has 3 rings (SSSR count). The summed E-state index contributed by atoms with van der Waals surface area (Å²) in [7, 11) is 0. The Morgan fingerprint density at radius 1 is 1.33 bits per heavy atom. The number of nitrogens with two attached hydrogens (primary N) is 2. The van der Waals surface area contributed by atoms with Gasteiger partial charge in [-0.25, -0.2) is 9.98 Å². The summed E-state index contributed by atoms with van der Waals surface area (Å²) >= 11 is 7.32. The van der Waals surface area contributed by atoms with Crippen molar-refractivity contribution in [1.82, 2.24) is 4.98 Å². The van der Waals surface area contributed by atoms with Crippen LogP contribution in [0.4, 0.5) is 5.82 Å². The zero-order valence-corrected chi connectivity index (χ0v) is 16.2. The lowest BCUT2D eigenvalue weighted by molar-refractivity contribution is 0.102. The molecule has 2 aromatic rings. The summed E-state index contributed by atoms with van der Waals surface area (Å²) in [6.07, 6.45) is 2.29. The smallest absolute Gasteiger partial charge is 0.256 e. The fourth-order valence-corrected chi connectivity index (χ4v) is 3.88. The molecule has 5 N–H and O–H groups in total. The molecule has 0 saturated heterocycles. The molecular weight excluding hydrogens is 384 g/mol. The first-order valence-electron chi connectivity index (χ1n) is 8.21. The first kappa shape index (κ1) is 19.2. The highest BCUT2D eigenvalue weighted by molar-refractivity contribution is 8.13. The highest BCUT2D eigenvalue weighted by atomic mass is 35.5. The number of guanidine groups is 1. The van der Waals surface area contributed by atoms with E-state index in [1.165, 1.54) is 18.0 Å². The van der Waals surface area contributed by atoms with E-state index in [0.717, 1.165) is 17.7 Å². The number of amidine groups is 1. The highest BCUT2D eigenvalue weighted by Gasteiger charge is 2.30. The molecule has 0 spiro atoms. The summed E-state index contributed by atoms with van der Waals surface area (Å²) in [5, 5.41) is 3.81. The molecule has 0 bridgehead atoms. The van der Waals surface area contributed by atoms with Gasteiger partial charge in [-0.05, 0) is 43.2 Å². The van der Waals surface area contributed by atoms with E-state index >= 15 is 0 Å². The molecule has 1 unspecified atom stereocenters.